The Morgan fingerprint density at radius 3 is 2.73 bits per heavy atom. The molecule has 0 aromatic heterocycles. The molecule has 0 spiro atoms. The highest BCUT2D eigenvalue weighted by atomic mass is 16.5. The predicted molar refractivity (Wildman–Crippen MR) is 104 cm³/mol. The summed E-state index contributed by atoms with van der Waals surface area (Å²) in [7, 11) is 1.72. The van der Waals surface area contributed by atoms with E-state index in [1.165, 1.54) is 31.2 Å². The molecule has 5 nitrogen and oxygen atoms in total. The second kappa shape index (κ2) is 9.93. The van der Waals surface area contributed by atoms with Gasteiger partial charge in [-0.25, -0.2) is 0 Å². The molecule has 1 aromatic rings. The molecular formula is C21H33N3O2. The Balaban J connectivity index is 1.56. The largest absolute Gasteiger partial charge is 0.496 e. The number of likely N-dealkylation sites (tertiary alicyclic amines) is 1. The molecule has 1 aromatic carbocycles. The molecule has 5 heteroatoms. The average molecular weight is 360 g/mol. The highest BCUT2D eigenvalue weighted by molar-refractivity contribution is 5.75. The zero-order valence-electron chi connectivity index (χ0n) is 16.0. The molecule has 144 valence electrons. The van der Waals surface area contributed by atoms with Crippen LogP contribution in [0.25, 0.3) is 0 Å². The van der Waals surface area contributed by atoms with Crippen molar-refractivity contribution < 1.29 is 9.53 Å². The van der Waals surface area contributed by atoms with Gasteiger partial charge in [0.25, 0.3) is 0 Å². The van der Waals surface area contributed by atoms with Crippen LogP contribution in [-0.4, -0.2) is 50.6 Å². The fourth-order valence-electron chi connectivity index (χ4n) is 4.24. The van der Waals surface area contributed by atoms with Gasteiger partial charge in [-0.05, 0) is 70.3 Å². The van der Waals surface area contributed by atoms with Crippen LogP contribution in [0.2, 0.25) is 0 Å². The number of amides is 1. The first-order valence-electron chi connectivity index (χ1n) is 10.1. The molecule has 0 saturated carbocycles. The molecule has 2 heterocycles. The minimum Gasteiger partial charge on any atom is -0.496 e. The van der Waals surface area contributed by atoms with E-state index in [1.807, 2.05) is 12.1 Å². The van der Waals surface area contributed by atoms with Gasteiger partial charge in [-0.2, -0.15) is 0 Å². The summed E-state index contributed by atoms with van der Waals surface area (Å²) in [5, 5.41) is 6.58. The maximum atomic E-state index is 12.4. The van der Waals surface area contributed by atoms with Crippen molar-refractivity contribution in [2.24, 2.45) is 5.92 Å². The van der Waals surface area contributed by atoms with Crippen molar-refractivity contribution in [2.45, 2.75) is 44.6 Å². The third-order valence-corrected chi connectivity index (χ3v) is 5.81. The second-order valence-electron chi connectivity index (χ2n) is 7.54. The maximum absolute atomic E-state index is 12.4. The Kier molecular flexibility index (Phi) is 7.32. The Hall–Kier alpha value is -1.59. The molecule has 1 atom stereocenters. The number of para-hydroxylation sites is 1. The lowest BCUT2D eigenvalue weighted by molar-refractivity contribution is -0.121. The molecule has 2 N–H and O–H groups in total. The zero-order valence-corrected chi connectivity index (χ0v) is 16.0. The number of benzene rings is 1. The van der Waals surface area contributed by atoms with E-state index in [0.29, 0.717) is 18.9 Å². The molecular weight excluding hydrogens is 326 g/mol. The van der Waals surface area contributed by atoms with E-state index in [4.69, 9.17) is 4.74 Å². The SMILES string of the molecule is COc1ccccc1C(CNC(=O)CCC1CCNCC1)N1CCCC1. The third kappa shape index (κ3) is 5.21. The van der Waals surface area contributed by atoms with Crippen molar-refractivity contribution in [1.82, 2.24) is 15.5 Å². The van der Waals surface area contributed by atoms with E-state index >= 15 is 0 Å². The van der Waals surface area contributed by atoms with Gasteiger partial charge in [-0.15, -0.1) is 0 Å². The van der Waals surface area contributed by atoms with E-state index in [9.17, 15) is 4.79 Å². The maximum Gasteiger partial charge on any atom is 0.220 e. The van der Waals surface area contributed by atoms with Gasteiger partial charge in [0.05, 0.1) is 13.2 Å². The number of hydrogen-bond acceptors (Lipinski definition) is 4. The van der Waals surface area contributed by atoms with Crippen LogP contribution in [0.5, 0.6) is 5.75 Å². The standard InChI is InChI=1S/C21H33N3O2/c1-26-20-7-3-2-6-18(20)19(24-14-4-5-15-24)16-23-21(25)9-8-17-10-12-22-13-11-17/h2-3,6-7,17,19,22H,4-5,8-16H2,1H3,(H,23,25). The van der Waals surface area contributed by atoms with E-state index in [0.717, 1.165) is 38.3 Å². The van der Waals surface area contributed by atoms with Gasteiger partial charge in [0.15, 0.2) is 0 Å². The van der Waals surface area contributed by atoms with Crippen molar-refractivity contribution >= 4 is 5.91 Å². The minimum absolute atomic E-state index is 0.183. The molecule has 0 bridgehead atoms. The van der Waals surface area contributed by atoms with Crippen LogP contribution in [0.1, 0.15) is 50.1 Å². The molecule has 2 aliphatic rings. The molecule has 3 rings (SSSR count). The summed E-state index contributed by atoms with van der Waals surface area (Å²) in [6.45, 7) is 5.03. The van der Waals surface area contributed by atoms with Gasteiger partial charge in [-0.3, -0.25) is 9.69 Å². The van der Waals surface area contributed by atoms with Crippen LogP contribution in [-0.2, 0) is 4.79 Å². The van der Waals surface area contributed by atoms with Crippen LogP contribution >= 0.6 is 0 Å². The molecule has 1 unspecified atom stereocenters. The quantitative estimate of drug-likeness (QED) is 0.749. The van der Waals surface area contributed by atoms with E-state index in [2.05, 4.69) is 27.7 Å². The number of carbonyl (C=O) groups excluding carboxylic acids is 1. The van der Waals surface area contributed by atoms with Gasteiger partial charge in [-0.1, -0.05) is 18.2 Å². The molecule has 1 amide bonds. The number of carbonyl (C=O) groups is 1. The molecule has 0 aliphatic carbocycles. The first kappa shape index (κ1) is 19.2. The van der Waals surface area contributed by atoms with Gasteiger partial charge < -0.3 is 15.4 Å². The molecule has 2 fully saturated rings. The normalized spacial score (nSPS) is 20.0. The lowest BCUT2D eigenvalue weighted by atomic mass is 9.93. The van der Waals surface area contributed by atoms with Crippen molar-refractivity contribution in [3.8, 4) is 5.75 Å². The van der Waals surface area contributed by atoms with Gasteiger partial charge in [0.1, 0.15) is 5.75 Å². The lowest BCUT2D eigenvalue weighted by Crippen LogP contribution is -2.37. The number of hydrogen-bond donors (Lipinski definition) is 2. The van der Waals surface area contributed by atoms with Crippen molar-refractivity contribution in [3.05, 3.63) is 29.8 Å². The van der Waals surface area contributed by atoms with Gasteiger partial charge >= 0.3 is 0 Å². The number of piperidine rings is 1. The molecule has 2 saturated heterocycles. The topological polar surface area (TPSA) is 53.6 Å². The average Bonchev–Trinajstić information content (AvgIpc) is 3.22. The van der Waals surface area contributed by atoms with Gasteiger partial charge in [0.2, 0.25) is 5.91 Å². The fraction of sp³-hybridized carbons (Fsp3) is 0.667. The first-order valence-corrected chi connectivity index (χ1v) is 10.1. The summed E-state index contributed by atoms with van der Waals surface area (Å²) < 4.78 is 5.57. The number of rotatable bonds is 8. The second-order valence-corrected chi connectivity index (χ2v) is 7.54. The Labute approximate surface area is 157 Å². The van der Waals surface area contributed by atoms with Crippen molar-refractivity contribution in [2.75, 3.05) is 39.8 Å². The molecule has 0 radical (unpaired) electrons. The summed E-state index contributed by atoms with van der Waals surface area (Å²) in [4.78, 5) is 14.9. The lowest BCUT2D eigenvalue weighted by Gasteiger charge is -2.29. The molecule has 2 aliphatic heterocycles. The Morgan fingerprint density at radius 1 is 1.27 bits per heavy atom. The zero-order chi connectivity index (χ0) is 18.2. The number of nitrogens with one attached hydrogen (secondary N) is 2. The summed E-state index contributed by atoms with van der Waals surface area (Å²) in [5.74, 6) is 1.79. The van der Waals surface area contributed by atoms with E-state index < -0.39 is 0 Å². The fourth-order valence-corrected chi connectivity index (χ4v) is 4.24. The third-order valence-electron chi connectivity index (χ3n) is 5.81. The highest BCUT2D eigenvalue weighted by Gasteiger charge is 2.26. The van der Waals surface area contributed by atoms with Crippen molar-refractivity contribution in [3.63, 3.8) is 0 Å². The number of ether oxygens (including phenoxy) is 1. The van der Waals surface area contributed by atoms with Crippen LogP contribution in [0, 0.1) is 5.92 Å². The van der Waals surface area contributed by atoms with Crippen LogP contribution in [0.3, 0.4) is 0 Å². The van der Waals surface area contributed by atoms with Crippen LogP contribution < -0.4 is 15.4 Å². The summed E-state index contributed by atoms with van der Waals surface area (Å²) >= 11 is 0. The number of methoxy groups -OCH3 is 1. The number of nitrogens with zero attached hydrogens (tertiary/aromatic N) is 1. The predicted octanol–water partition coefficient (Wildman–Crippen LogP) is 2.73. The minimum atomic E-state index is 0.183. The first-order chi connectivity index (χ1) is 12.8. The molecule has 26 heavy (non-hydrogen) atoms. The smallest absolute Gasteiger partial charge is 0.220 e. The summed E-state index contributed by atoms with van der Waals surface area (Å²) in [5.41, 5.74) is 1.18. The summed E-state index contributed by atoms with van der Waals surface area (Å²) in [6, 6.07) is 8.39. The van der Waals surface area contributed by atoms with Gasteiger partial charge in [0, 0.05) is 18.5 Å². The highest BCUT2D eigenvalue weighted by Crippen LogP contribution is 2.31. The van der Waals surface area contributed by atoms with E-state index in [1.54, 1.807) is 7.11 Å². The van der Waals surface area contributed by atoms with Crippen LogP contribution in [0.4, 0.5) is 0 Å². The van der Waals surface area contributed by atoms with E-state index in [-0.39, 0.29) is 11.9 Å². The Bertz CT molecular complexity index is 566. The Morgan fingerprint density at radius 2 is 2.00 bits per heavy atom. The summed E-state index contributed by atoms with van der Waals surface area (Å²) in [6.07, 6.45) is 6.51. The monoisotopic (exact) mass is 359 g/mol. The van der Waals surface area contributed by atoms with Crippen LogP contribution in [0.15, 0.2) is 24.3 Å². The van der Waals surface area contributed by atoms with Crippen molar-refractivity contribution in [1.29, 1.82) is 0 Å².